The van der Waals surface area contributed by atoms with Gasteiger partial charge >= 0.3 is 6.09 Å². The molecule has 0 saturated carbocycles. The van der Waals surface area contributed by atoms with Crippen molar-refractivity contribution < 1.29 is 14.3 Å². The van der Waals surface area contributed by atoms with Crippen molar-refractivity contribution in [3.05, 3.63) is 81.3 Å². The average molecular weight is 542 g/mol. The summed E-state index contributed by atoms with van der Waals surface area (Å²) in [7, 11) is 0. The molecule has 0 unspecified atom stereocenters. The quantitative estimate of drug-likeness (QED) is 0.318. The van der Waals surface area contributed by atoms with Crippen molar-refractivity contribution in [3.8, 4) is 11.8 Å². The number of hydrogen-bond donors (Lipinski definition) is 0. The Hall–Kier alpha value is -3.01. The van der Waals surface area contributed by atoms with E-state index in [-0.39, 0.29) is 6.54 Å². The molecule has 0 fully saturated rings. The Morgan fingerprint density at radius 2 is 1.85 bits per heavy atom. The first-order chi connectivity index (χ1) is 16.1. The van der Waals surface area contributed by atoms with Crippen LogP contribution in [0.1, 0.15) is 38.8 Å². The first kappa shape index (κ1) is 25.6. The highest BCUT2D eigenvalue weighted by atomic mass is 79.9. The maximum Gasteiger partial charge on any atom is 0.415 e. The minimum atomic E-state index is -0.674. The minimum absolute atomic E-state index is 0.211. The van der Waals surface area contributed by atoms with Gasteiger partial charge in [-0.15, -0.1) is 0 Å². The molecule has 0 N–H and O–H groups in total. The van der Waals surface area contributed by atoms with Gasteiger partial charge in [0.1, 0.15) is 18.0 Å². The van der Waals surface area contributed by atoms with Crippen LogP contribution in [0.4, 0.5) is 10.5 Å². The lowest BCUT2D eigenvalue weighted by atomic mass is 10.0. The number of nitriles is 1. The number of rotatable bonds is 6. The van der Waals surface area contributed by atoms with Gasteiger partial charge in [-0.1, -0.05) is 54.1 Å². The fourth-order valence-corrected chi connectivity index (χ4v) is 4.01. The number of benzene rings is 3. The van der Waals surface area contributed by atoms with Gasteiger partial charge in [-0.25, -0.2) is 4.79 Å². The SMILES string of the molecule is C/C(Cl)=C\CN(C(=O)OC(C)(C)C)c1cc(OCc2ccccc2)c2cc(C#N)ccc2c1Br. The first-order valence-corrected chi connectivity index (χ1v) is 11.9. The summed E-state index contributed by atoms with van der Waals surface area (Å²) in [6.45, 7) is 7.75. The molecule has 0 radical (unpaired) electrons. The molecule has 0 spiro atoms. The Morgan fingerprint density at radius 3 is 2.47 bits per heavy atom. The highest BCUT2D eigenvalue weighted by Crippen LogP contribution is 2.41. The van der Waals surface area contributed by atoms with Gasteiger partial charge in [0, 0.05) is 32.9 Å². The van der Waals surface area contributed by atoms with E-state index in [1.807, 2.05) is 57.2 Å². The Kier molecular flexibility index (Phi) is 8.24. The maximum atomic E-state index is 13.2. The largest absolute Gasteiger partial charge is 0.488 e. The molecule has 3 aromatic rings. The molecule has 0 aliphatic carbocycles. The maximum absolute atomic E-state index is 13.2. The molecule has 0 bridgehead atoms. The zero-order valence-electron chi connectivity index (χ0n) is 19.6. The molecule has 34 heavy (non-hydrogen) atoms. The van der Waals surface area contributed by atoms with Crippen LogP contribution in [-0.4, -0.2) is 18.2 Å². The van der Waals surface area contributed by atoms with Gasteiger partial charge in [-0.05, 0) is 61.3 Å². The topological polar surface area (TPSA) is 62.6 Å². The summed E-state index contributed by atoms with van der Waals surface area (Å²) < 4.78 is 12.6. The predicted molar refractivity (Wildman–Crippen MR) is 140 cm³/mol. The monoisotopic (exact) mass is 540 g/mol. The summed E-state index contributed by atoms with van der Waals surface area (Å²) >= 11 is 9.75. The van der Waals surface area contributed by atoms with Crippen molar-refractivity contribution in [3.63, 3.8) is 0 Å². The molecule has 0 saturated heterocycles. The number of carbonyl (C=O) groups is 1. The van der Waals surface area contributed by atoms with Crippen LogP contribution in [0.2, 0.25) is 0 Å². The van der Waals surface area contributed by atoms with Gasteiger partial charge in [0.05, 0.1) is 17.3 Å². The molecular weight excluding hydrogens is 516 g/mol. The van der Waals surface area contributed by atoms with Gasteiger partial charge in [0.2, 0.25) is 0 Å². The van der Waals surface area contributed by atoms with E-state index in [1.165, 1.54) is 4.90 Å². The molecule has 0 heterocycles. The number of hydrogen-bond acceptors (Lipinski definition) is 4. The lowest BCUT2D eigenvalue weighted by Crippen LogP contribution is -2.37. The highest BCUT2D eigenvalue weighted by Gasteiger charge is 2.26. The molecule has 1 amide bonds. The average Bonchev–Trinajstić information content (AvgIpc) is 2.78. The molecule has 3 rings (SSSR count). The normalized spacial score (nSPS) is 11.7. The van der Waals surface area contributed by atoms with Gasteiger partial charge in [0.25, 0.3) is 0 Å². The van der Waals surface area contributed by atoms with Crippen LogP contribution in [0.25, 0.3) is 10.8 Å². The minimum Gasteiger partial charge on any atom is -0.488 e. The van der Waals surface area contributed by atoms with Crippen LogP contribution in [0.5, 0.6) is 5.75 Å². The van der Waals surface area contributed by atoms with Crippen molar-refractivity contribution in [2.75, 3.05) is 11.4 Å². The molecule has 176 valence electrons. The van der Waals surface area contributed by atoms with E-state index in [2.05, 4.69) is 22.0 Å². The van der Waals surface area contributed by atoms with E-state index in [0.717, 1.165) is 16.3 Å². The Labute approximate surface area is 213 Å². The Bertz CT molecular complexity index is 1260. The first-order valence-electron chi connectivity index (χ1n) is 10.7. The highest BCUT2D eigenvalue weighted by molar-refractivity contribution is 9.10. The van der Waals surface area contributed by atoms with Crippen molar-refractivity contribution in [2.24, 2.45) is 0 Å². The van der Waals surface area contributed by atoms with E-state index < -0.39 is 11.7 Å². The van der Waals surface area contributed by atoms with Crippen LogP contribution in [0.15, 0.2) is 70.2 Å². The molecule has 7 heteroatoms. The van der Waals surface area contributed by atoms with Gasteiger partial charge in [0.15, 0.2) is 0 Å². The van der Waals surface area contributed by atoms with Crippen molar-refractivity contribution in [1.29, 1.82) is 5.26 Å². The van der Waals surface area contributed by atoms with Gasteiger partial charge in [-0.3, -0.25) is 4.90 Å². The standard InChI is InChI=1S/C27H26BrClN2O3/c1-18(29)12-13-31(26(32)34-27(2,3)4)23-15-24(33-17-19-8-6-5-7-9-19)22-14-20(16-30)10-11-21(22)25(23)28/h5-12,14-15H,13,17H2,1-4H3/b18-12+. The lowest BCUT2D eigenvalue weighted by Gasteiger charge is -2.28. The third-order valence-electron chi connectivity index (χ3n) is 4.84. The summed E-state index contributed by atoms with van der Waals surface area (Å²) in [5.74, 6) is 0.550. The van der Waals surface area contributed by atoms with E-state index in [9.17, 15) is 10.1 Å². The van der Waals surface area contributed by atoms with E-state index in [0.29, 0.717) is 33.1 Å². The van der Waals surface area contributed by atoms with Crippen LogP contribution in [0, 0.1) is 11.3 Å². The molecule has 5 nitrogen and oxygen atoms in total. The van der Waals surface area contributed by atoms with Crippen LogP contribution in [-0.2, 0) is 11.3 Å². The van der Waals surface area contributed by atoms with Gasteiger partial charge < -0.3 is 9.47 Å². The third-order valence-corrected chi connectivity index (χ3v) is 5.83. The fraction of sp³-hybridized carbons (Fsp3) is 0.259. The Balaban J connectivity index is 2.15. The molecule has 0 aromatic heterocycles. The molecule has 0 aliphatic rings. The second-order valence-electron chi connectivity index (χ2n) is 8.74. The van der Waals surface area contributed by atoms with Gasteiger partial charge in [-0.2, -0.15) is 5.26 Å². The van der Waals surface area contributed by atoms with E-state index in [4.69, 9.17) is 21.1 Å². The number of ether oxygens (including phenoxy) is 2. The van der Waals surface area contributed by atoms with Crippen molar-refractivity contribution >= 4 is 50.1 Å². The molecule has 0 aliphatic heterocycles. The smallest absolute Gasteiger partial charge is 0.415 e. The van der Waals surface area contributed by atoms with Crippen molar-refractivity contribution in [2.45, 2.75) is 39.9 Å². The number of fused-ring (bicyclic) bond motifs is 1. The Morgan fingerprint density at radius 1 is 1.15 bits per heavy atom. The molecular formula is C27H26BrClN2O3. The second-order valence-corrected chi connectivity index (χ2v) is 10.1. The number of amides is 1. The van der Waals surface area contributed by atoms with E-state index >= 15 is 0 Å². The number of anilines is 1. The van der Waals surface area contributed by atoms with Crippen LogP contribution in [0.3, 0.4) is 0 Å². The third kappa shape index (κ3) is 6.53. The summed E-state index contributed by atoms with van der Waals surface area (Å²) in [6, 6.07) is 19.1. The number of halogens is 2. The number of nitrogens with zero attached hydrogens (tertiary/aromatic N) is 2. The fourth-order valence-electron chi connectivity index (χ4n) is 3.27. The zero-order valence-corrected chi connectivity index (χ0v) is 21.9. The molecule has 0 atom stereocenters. The zero-order chi connectivity index (χ0) is 24.9. The van der Waals surface area contributed by atoms with Crippen LogP contribution >= 0.6 is 27.5 Å². The van der Waals surface area contributed by atoms with Crippen LogP contribution < -0.4 is 9.64 Å². The summed E-state index contributed by atoms with van der Waals surface area (Å²) in [4.78, 5) is 14.7. The summed E-state index contributed by atoms with van der Waals surface area (Å²) in [5, 5.41) is 11.5. The predicted octanol–water partition coefficient (Wildman–Crippen LogP) is 7.94. The molecule has 3 aromatic carbocycles. The summed E-state index contributed by atoms with van der Waals surface area (Å²) in [5.41, 5.74) is 1.42. The second kappa shape index (κ2) is 10.9. The number of carbonyl (C=O) groups excluding carboxylic acids is 1. The number of allylic oxidation sites excluding steroid dienone is 1. The summed E-state index contributed by atoms with van der Waals surface area (Å²) in [6.07, 6.45) is 1.23. The van der Waals surface area contributed by atoms with E-state index in [1.54, 1.807) is 31.2 Å². The van der Waals surface area contributed by atoms with Crippen molar-refractivity contribution in [1.82, 2.24) is 0 Å². The lowest BCUT2D eigenvalue weighted by molar-refractivity contribution is 0.0584.